The number of ether oxygens (including phenoxy) is 1. The van der Waals surface area contributed by atoms with Crippen molar-refractivity contribution in [3.8, 4) is 0 Å². The average molecular weight is 174 g/mol. The van der Waals surface area contributed by atoms with Gasteiger partial charge in [-0.15, -0.1) is 4.91 Å². The molecule has 0 spiro atoms. The zero-order valence-electron chi connectivity index (χ0n) is 7.61. The largest absolute Gasteiger partial charge is 0.440 e. The van der Waals surface area contributed by atoms with Gasteiger partial charge in [0, 0.05) is 20.4 Å². The summed E-state index contributed by atoms with van der Waals surface area (Å²) in [6.45, 7) is 3.25. The fraction of sp³-hybridized carbons (Fsp3) is 0.857. The van der Waals surface area contributed by atoms with Crippen LogP contribution in [0.1, 0.15) is 26.7 Å². The van der Waals surface area contributed by atoms with Crippen LogP contribution in [-0.2, 0) is 9.53 Å². The predicted molar refractivity (Wildman–Crippen MR) is 44.0 cm³/mol. The fourth-order valence-electron chi connectivity index (χ4n) is 0.813. The Morgan fingerprint density at radius 3 is 2.58 bits per heavy atom. The predicted octanol–water partition coefficient (Wildman–Crippen LogP) is 1.29. The normalized spacial score (nSPS) is 11.9. The molecule has 0 aliphatic rings. The summed E-state index contributed by atoms with van der Waals surface area (Å²) in [6.07, 6.45) is 0.921. The number of esters is 1. The topological polar surface area (TPSA) is 59.0 Å². The number of nitroso groups, excluding NO2 is 1. The van der Waals surface area contributed by atoms with Gasteiger partial charge in [0.05, 0.1) is 5.29 Å². The first-order valence-electron chi connectivity index (χ1n) is 3.85. The Balaban J connectivity index is 4.01. The second kappa shape index (κ2) is 5.51. The van der Waals surface area contributed by atoms with E-state index in [1.54, 1.807) is 0 Å². The minimum atomic E-state index is -0.523. The van der Waals surface area contributed by atoms with Gasteiger partial charge in [0.2, 0.25) is 0 Å². The van der Waals surface area contributed by atoms with E-state index >= 15 is 0 Å². The zero-order chi connectivity index (χ0) is 9.56. The van der Waals surface area contributed by atoms with Crippen molar-refractivity contribution in [3.63, 3.8) is 0 Å². The van der Waals surface area contributed by atoms with E-state index in [-0.39, 0.29) is 0 Å². The molecule has 5 heteroatoms. The molecule has 1 atom stereocenters. The van der Waals surface area contributed by atoms with Gasteiger partial charge in [0.15, 0.2) is 6.23 Å². The van der Waals surface area contributed by atoms with E-state index in [1.165, 1.54) is 14.0 Å². The third-order valence-corrected chi connectivity index (χ3v) is 1.38. The first-order valence-corrected chi connectivity index (χ1v) is 3.85. The van der Waals surface area contributed by atoms with Crippen molar-refractivity contribution in [1.29, 1.82) is 0 Å². The molecule has 1 unspecified atom stereocenters. The third kappa shape index (κ3) is 3.90. The molecule has 0 aromatic heterocycles. The standard InChI is InChI=1S/C7H14N2O3/c1-4-5-7(9(3)8-11)12-6(2)10/h7H,4-5H2,1-3H3. The van der Waals surface area contributed by atoms with Crippen molar-refractivity contribution in [1.82, 2.24) is 5.01 Å². The van der Waals surface area contributed by atoms with Gasteiger partial charge in [0.25, 0.3) is 0 Å². The first-order chi connectivity index (χ1) is 5.61. The van der Waals surface area contributed by atoms with Crippen LogP contribution in [0, 0.1) is 4.91 Å². The number of hydrogen-bond acceptors (Lipinski definition) is 4. The summed E-state index contributed by atoms with van der Waals surface area (Å²) in [5, 5.41) is 3.77. The van der Waals surface area contributed by atoms with E-state index < -0.39 is 12.2 Å². The molecule has 0 heterocycles. The molecule has 0 rings (SSSR count). The van der Waals surface area contributed by atoms with E-state index in [0.29, 0.717) is 6.42 Å². The molecule has 5 nitrogen and oxygen atoms in total. The van der Waals surface area contributed by atoms with E-state index in [1.807, 2.05) is 6.92 Å². The summed E-state index contributed by atoms with van der Waals surface area (Å²) in [5.41, 5.74) is 0. The van der Waals surface area contributed by atoms with Crippen LogP contribution in [0.15, 0.2) is 5.29 Å². The lowest BCUT2D eigenvalue weighted by atomic mass is 10.3. The summed E-state index contributed by atoms with van der Waals surface area (Å²) in [5.74, 6) is -0.399. The van der Waals surface area contributed by atoms with Crippen molar-refractivity contribution in [2.24, 2.45) is 5.29 Å². The molecule has 0 aromatic rings. The quantitative estimate of drug-likeness (QED) is 0.273. The summed E-state index contributed by atoms with van der Waals surface area (Å²) in [7, 11) is 1.48. The minimum Gasteiger partial charge on any atom is -0.440 e. The Bertz CT molecular complexity index is 161. The van der Waals surface area contributed by atoms with Crippen LogP contribution in [0.4, 0.5) is 0 Å². The Morgan fingerprint density at radius 2 is 2.25 bits per heavy atom. The van der Waals surface area contributed by atoms with Gasteiger partial charge < -0.3 is 4.74 Å². The molecule has 0 N–H and O–H groups in total. The second-order valence-corrected chi connectivity index (χ2v) is 2.51. The molecule has 0 amide bonds. The van der Waals surface area contributed by atoms with Crippen molar-refractivity contribution in [2.45, 2.75) is 32.9 Å². The number of nitrogens with zero attached hydrogens (tertiary/aromatic N) is 2. The highest BCUT2D eigenvalue weighted by Gasteiger charge is 2.15. The van der Waals surface area contributed by atoms with Gasteiger partial charge in [-0.05, 0) is 0 Å². The van der Waals surface area contributed by atoms with Gasteiger partial charge in [-0.25, -0.2) is 5.01 Å². The summed E-state index contributed by atoms with van der Waals surface area (Å²) >= 11 is 0. The highest BCUT2D eigenvalue weighted by atomic mass is 16.6. The summed E-state index contributed by atoms with van der Waals surface area (Å²) in [6, 6.07) is 0. The zero-order valence-corrected chi connectivity index (χ0v) is 7.61. The van der Waals surface area contributed by atoms with Gasteiger partial charge in [-0.2, -0.15) is 0 Å². The van der Waals surface area contributed by atoms with Crippen LogP contribution in [0.25, 0.3) is 0 Å². The summed E-state index contributed by atoms with van der Waals surface area (Å²) in [4.78, 5) is 20.6. The molecule has 0 fully saturated rings. The Labute approximate surface area is 71.6 Å². The van der Waals surface area contributed by atoms with Crippen molar-refractivity contribution < 1.29 is 9.53 Å². The van der Waals surface area contributed by atoms with Gasteiger partial charge in [-0.3, -0.25) is 4.79 Å². The molecule has 0 radical (unpaired) electrons. The van der Waals surface area contributed by atoms with Gasteiger partial charge in [0.1, 0.15) is 0 Å². The molecule has 0 aromatic carbocycles. The lowest BCUT2D eigenvalue weighted by Crippen LogP contribution is -2.31. The maximum absolute atomic E-state index is 10.6. The number of carbonyl (C=O) groups is 1. The molecule has 0 saturated carbocycles. The first kappa shape index (κ1) is 10.9. The van der Waals surface area contributed by atoms with Crippen LogP contribution in [-0.4, -0.2) is 24.3 Å². The monoisotopic (exact) mass is 174 g/mol. The maximum Gasteiger partial charge on any atom is 0.304 e. The van der Waals surface area contributed by atoms with Crippen LogP contribution in [0.3, 0.4) is 0 Å². The highest BCUT2D eigenvalue weighted by molar-refractivity contribution is 5.66. The van der Waals surface area contributed by atoms with E-state index in [4.69, 9.17) is 4.74 Å². The molecular formula is C7H14N2O3. The second-order valence-electron chi connectivity index (χ2n) is 2.51. The fourth-order valence-corrected chi connectivity index (χ4v) is 0.813. The lowest BCUT2D eigenvalue weighted by molar-refractivity contribution is -0.156. The number of hydrogen-bond donors (Lipinski definition) is 0. The van der Waals surface area contributed by atoms with Crippen molar-refractivity contribution in [3.05, 3.63) is 4.91 Å². The molecule has 70 valence electrons. The van der Waals surface area contributed by atoms with E-state index in [9.17, 15) is 9.70 Å². The third-order valence-electron chi connectivity index (χ3n) is 1.38. The Morgan fingerprint density at radius 1 is 1.67 bits per heavy atom. The molecular weight excluding hydrogens is 160 g/mol. The van der Waals surface area contributed by atoms with E-state index in [0.717, 1.165) is 11.4 Å². The Kier molecular flexibility index (Phi) is 4.99. The SMILES string of the molecule is CCCC(OC(C)=O)N(C)N=O. The summed E-state index contributed by atoms with van der Waals surface area (Å²) < 4.78 is 4.84. The average Bonchev–Trinajstić information content (AvgIpc) is 2.01. The van der Waals surface area contributed by atoms with Crippen molar-refractivity contribution >= 4 is 5.97 Å². The molecule has 0 aliphatic carbocycles. The van der Waals surface area contributed by atoms with Gasteiger partial charge in [-0.1, -0.05) is 13.3 Å². The number of rotatable bonds is 5. The molecule has 0 saturated heterocycles. The van der Waals surface area contributed by atoms with Crippen LogP contribution in [0.2, 0.25) is 0 Å². The molecule has 0 bridgehead atoms. The minimum absolute atomic E-state index is 0.399. The highest BCUT2D eigenvalue weighted by Crippen LogP contribution is 2.06. The lowest BCUT2D eigenvalue weighted by Gasteiger charge is -2.21. The Hall–Kier alpha value is -1.13. The maximum atomic E-state index is 10.6. The van der Waals surface area contributed by atoms with Crippen molar-refractivity contribution in [2.75, 3.05) is 7.05 Å². The molecule has 0 aliphatic heterocycles. The van der Waals surface area contributed by atoms with Crippen LogP contribution < -0.4 is 0 Å². The number of carbonyl (C=O) groups excluding carboxylic acids is 1. The van der Waals surface area contributed by atoms with Crippen LogP contribution in [0.5, 0.6) is 0 Å². The van der Waals surface area contributed by atoms with Crippen LogP contribution >= 0.6 is 0 Å². The smallest absolute Gasteiger partial charge is 0.304 e. The van der Waals surface area contributed by atoms with Gasteiger partial charge >= 0.3 is 5.97 Å². The molecule has 12 heavy (non-hydrogen) atoms. The van der Waals surface area contributed by atoms with E-state index in [2.05, 4.69) is 5.29 Å².